The number of hydrogen-bond donors (Lipinski definition) is 0. The molecule has 0 saturated carbocycles. The third-order valence-electron chi connectivity index (χ3n) is 1.33. The monoisotopic (exact) mass is 610 g/mol. The number of nitrogens with zero attached hydrogens (tertiary/aromatic N) is 12. The van der Waals surface area contributed by atoms with Crippen molar-refractivity contribution in [3.05, 3.63) is 0 Å². The fourth-order valence-electron chi connectivity index (χ4n) is 0.633. The van der Waals surface area contributed by atoms with Gasteiger partial charge < -0.3 is 75.8 Å². The second-order valence-corrected chi connectivity index (χ2v) is 5.09. The first-order valence-corrected chi connectivity index (χ1v) is 7.56. The van der Waals surface area contributed by atoms with E-state index in [0.29, 0.717) is 0 Å². The van der Waals surface area contributed by atoms with E-state index in [4.69, 9.17) is 0 Å². The van der Waals surface area contributed by atoms with Crippen molar-refractivity contribution in [3.8, 4) is 0 Å². The first-order chi connectivity index (χ1) is 11.4. The van der Waals surface area contributed by atoms with Gasteiger partial charge in [0.1, 0.15) is 0 Å². The van der Waals surface area contributed by atoms with Crippen LogP contribution in [0.3, 0.4) is 0 Å². The minimum absolute atomic E-state index is 0. The Morgan fingerprint density at radius 2 is 0.346 bits per heavy atom. The first kappa shape index (κ1) is 28.6. The summed E-state index contributed by atoms with van der Waals surface area (Å²) in [6, 6.07) is 0. The van der Waals surface area contributed by atoms with Gasteiger partial charge in [-0.25, -0.2) is 0 Å². The van der Waals surface area contributed by atoms with Gasteiger partial charge in [0.05, 0.1) is 30.9 Å². The van der Waals surface area contributed by atoms with Gasteiger partial charge in [-0.1, -0.05) is 0 Å². The van der Waals surface area contributed by atoms with Crippen LogP contribution < -0.4 is 0 Å². The van der Waals surface area contributed by atoms with Crippen LogP contribution in [0.25, 0.3) is 0 Å². The predicted molar refractivity (Wildman–Crippen MR) is 86.7 cm³/mol. The molecule has 20 heteroatoms. The number of aromatic nitrogens is 12. The van der Waals surface area contributed by atoms with Gasteiger partial charge >= 0.3 is 65.4 Å². The molecule has 3 aromatic heterocycles. The molecule has 0 spiro atoms. The quantitative estimate of drug-likeness (QED) is 0.241. The van der Waals surface area contributed by atoms with Gasteiger partial charge in [-0.05, 0) is 0 Å². The van der Waals surface area contributed by atoms with Crippen molar-refractivity contribution in [1.82, 2.24) is 61.2 Å². The summed E-state index contributed by atoms with van der Waals surface area (Å²) in [6.45, 7) is 0. The molecule has 0 fully saturated rings. The van der Waals surface area contributed by atoms with Crippen LogP contribution >= 0.6 is 0 Å². The molecule has 0 amide bonds. The van der Waals surface area contributed by atoms with E-state index in [1.165, 1.54) is 0 Å². The standard InChI is InChI=1S/3C2H2N4S2.2Y/c3*7-1-3-5-2(8)6-4-1;;/h3*(H,3,4,7)(H,5,6,8);;/q;;;2*+3/p-6. The van der Waals surface area contributed by atoms with E-state index in [2.05, 4.69) is 137 Å². The van der Waals surface area contributed by atoms with Gasteiger partial charge in [0.2, 0.25) is 0 Å². The Morgan fingerprint density at radius 3 is 0.423 bits per heavy atom. The molecule has 26 heavy (non-hydrogen) atoms. The van der Waals surface area contributed by atoms with E-state index in [0.717, 1.165) is 0 Å². The predicted octanol–water partition coefficient (Wildman–Crippen LogP) is -2.77. The van der Waals surface area contributed by atoms with Crippen LogP contribution in [-0.4, -0.2) is 61.2 Å². The zero-order valence-electron chi connectivity index (χ0n) is 12.0. The van der Waals surface area contributed by atoms with Crippen molar-refractivity contribution in [2.24, 2.45) is 0 Å². The van der Waals surface area contributed by atoms with Gasteiger partial charge in [0, 0.05) is 0 Å². The Morgan fingerprint density at radius 1 is 0.269 bits per heavy atom. The van der Waals surface area contributed by atoms with E-state index in [1.807, 2.05) is 0 Å². The molecule has 3 heterocycles. The molecule has 0 unspecified atom stereocenters. The maximum Gasteiger partial charge on any atom is 3.00 e. The van der Waals surface area contributed by atoms with Crippen LogP contribution in [0.4, 0.5) is 0 Å². The zero-order chi connectivity index (χ0) is 17.9. The fraction of sp³-hybridized carbons (Fsp3) is 0. The average molecular weight is 610 g/mol. The molecule has 0 N–H and O–H groups in total. The molecule has 0 saturated heterocycles. The summed E-state index contributed by atoms with van der Waals surface area (Å²) in [5, 5.41) is 41.1. The van der Waals surface area contributed by atoms with Gasteiger partial charge in [-0.15, -0.1) is 0 Å². The van der Waals surface area contributed by atoms with Crippen LogP contribution in [0.2, 0.25) is 0 Å². The third-order valence-corrected chi connectivity index (χ3v) is 2.31. The molecule has 126 valence electrons. The summed E-state index contributed by atoms with van der Waals surface area (Å²) < 4.78 is 0. The van der Waals surface area contributed by atoms with E-state index in [1.54, 1.807) is 0 Å². The van der Waals surface area contributed by atoms with E-state index < -0.39 is 0 Å². The zero-order valence-corrected chi connectivity index (χ0v) is 22.5. The van der Waals surface area contributed by atoms with Crippen LogP contribution in [0.15, 0.2) is 30.9 Å². The van der Waals surface area contributed by atoms with Crippen molar-refractivity contribution in [3.63, 3.8) is 0 Å². The van der Waals surface area contributed by atoms with Crippen molar-refractivity contribution >= 4 is 75.8 Å². The van der Waals surface area contributed by atoms with Crippen molar-refractivity contribution < 1.29 is 65.4 Å². The SMILES string of the molecule is [S-]c1nnc([S-])nn1.[S-]c1nnc([S-])nn1.[S-]c1nnc([S-])nn1.[Y+3].[Y+3]. The van der Waals surface area contributed by atoms with Crippen LogP contribution in [0.1, 0.15) is 0 Å². The molecule has 0 aliphatic heterocycles. The largest absolute Gasteiger partial charge is 3.00 e. The number of rotatable bonds is 0. The molecular formula is C6N12S6Y2. The smallest absolute Gasteiger partial charge is 0.736 e. The Balaban J connectivity index is 0. The van der Waals surface area contributed by atoms with E-state index in [9.17, 15) is 0 Å². The number of hydrogen-bond acceptors (Lipinski definition) is 18. The summed E-state index contributed by atoms with van der Waals surface area (Å²) in [6.07, 6.45) is 0. The molecule has 0 aliphatic carbocycles. The Bertz CT molecular complexity index is 566. The molecule has 0 aliphatic rings. The molecule has 0 aromatic carbocycles. The van der Waals surface area contributed by atoms with Crippen LogP contribution in [-0.2, 0) is 141 Å². The van der Waals surface area contributed by atoms with E-state index >= 15 is 0 Å². The minimum atomic E-state index is 0. The molecule has 0 radical (unpaired) electrons. The van der Waals surface area contributed by atoms with Crippen LogP contribution in [0.5, 0.6) is 0 Å². The van der Waals surface area contributed by atoms with Crippen molar-refractivity contribution in [1.29, 1.82) is 0 Å². The molecular weight excluding hydrogens is 610 g/mol. The van der Waals surface area contributed by atoms with Crippen molar-refractivity contribution in [2.75, 3.05) is 0 Å². The molecule has 3 rings (SSSR count). The Labute approximate surface area is 230 Å². The van der Waals surface area contributed by atoms with Gasteiger partial charge in [0.25, 0.3) is 0 Å². The van der Waals surface area contributed by atoms with Gasteiger partial charge in [-0.2, -0.15) is 61.2 Å². The molecule has 12 nitrogen and oxygen atoms in total. The average Bonchev–Trinajstić information content (AvgIpc) is 2.57. The van der Waals surface area contributed by atoms with Gasteiger partial charge in [0.15, 0.2) is 0 Å². The van der Waals surface area contributed by atoms with E-state index in [-0.39, 0.29) is 96.4 Å². The first-order valence-electron chi connectivity index (χ1n) is 5.11. The summed E-state index contributed by atoms with van der Waals surface area (Å²) >= 11 is 26.9. The second-order valence-electron chi connectivity index (χ2n) is 2.90. The topological polar surface area (TPSA) is 155 Å². The molecule has 0 bridgehead atoms. The maximum atomic E-state index is 4.48. The Hall–Kier alpha value is 0.348. The van der Waals surface area contributed by atoms with Gasteiger partial charge in [-0.3, -0.25) is 0 Å². The fourth-order valence-corrected chi connectivity index (χ4v) is 1.12. The molecule has 0 atom stereocenters. The second kappa shape index (κ2) is 16.3. The Kier molecular flexibility index (Phi) is 17.9. The third kappa shape index (κ3) is 14.4. The molecule has 3 aromatic rings. The summed E-state index contributed by atoms with van der Waals surface area (Å²) in [5.74, 6) is 0. The maximum absolute atomic E-state index is 4.48. The summed E-state index contributed by atoms with van der Waals surface area (Å²) in [4.78, 5) is 0. The summed E-state index contributed by atoms with van der Waals surface area (Å²) in [5.41, 5.74) is 0. The van der Waals surface area contributed by atoms with Crippen LogP contribution in [0, 0.1) is 0 Å². The van der Waals surface area contributed by atoms with Crippen molar-refractivity contribution in [2.45, 2.75) is 30.9 Å². The summed E-state index contributed by atoms with van der Waals surface area (Å²) in [7, 11) is 0. The minimum Gasteiger partial charge on any atom is -0.736 e. The normalized spacial score (nSPS) is 8.31.